The summed E-state index contributed by atoms with van der Waals surface area (Å²) < 4.78 is 16.0. The summed E-state index contributed by atoms with van der Waals surface area (Å²) in [6, 6.07) is 5.17. The molecule has 3 aromatic rings. The molecule has 0 saturated heterocycles. The highest BCUT2D eigenvalue weighted by Gasteiger charge is 2.29. The van der Waals surface area contributed by atoms with E-state index in [2.05, 4.69) is 25.8 Å². The fraction of sp³-hybridized carbons (Fsp3) is 0.429. The lowest BCUT2D eigenvalue weighted by Crippen LogP contribution is -2.22. The average Bonchev–Trinajstić information content (AvgIpc) is 3.09. The fourth-order valence-electron chi connectivity index (χ4n) is 2.42. The highest BCUT2D eigenvalue weighted by Crippen LogP contribution is 2.35. The second kappa shape index (κ2) is 5.36. The summed E-state index contributed by atoms with van der Waals surface area (Å²) >= 11 is 1.50. The Morgan fingerprint density at radius 3 is 3.14 bits per heavy atom. The maximum atomic E-state index is 13.2. The van der Waals surface area contributed by atoms with Gasteiger partial charge in [-0.3, -0.25) is 0 Å². The van der Waals surface area contributed by atoms with E-state index in [0.717, 1.165) is 33.9 Å². The first-order valence-corrected chi connectivity index (χ1v) is 8.08. The first-order valence-electron chi connectivity index (χ1n) is 7.27. The van der Waals surface area contributed by atoms with Gasteiger partial charge in [-0.15, -0.1) is 16.4 Å². The molecule has 8 heteroatoms. The number of hydrogen-bond donors (Lipinski definition) is 1. The maximum absolute atomic E-state index is 13.2. The number of rotatable bonds is 5. The smallest absolute Gasteiger partial charge is 0.168 e. The summed E-state index contributed by atoms with van der Waals surface area (Å²) in [5.41, 5.74) is 0.832. The summed E-state index contributed by atoms with van der Waals surface area (Å²) in [5, 5.41) is 16.3. The van der Waals surface area contributed by atoms with Crippen LogP contribution in [0, 0.1) is 5.82 Å². The Bertz CT molecular complexity index is 809. The summed E-state index contributed by atoms with van der Waals surface area (Å²) in [5.74, 6) is 0.627. The lowest BCUT2D eigenvalue weighted by atomic mass is 10.3. The topological polar surface area (TPSA) is 68.5 Å². The molecule has 0 amide bonds. The number of halogens is 1. The molecule has 0 aliphatic heterocycles. The van der Waals surface area contributed by atoms with E-state index < -0.39 is 0 Å². The molecule has 0 radical (unpaired) electrons. The van der Waals surface area contributed by atoms with E-state index in [-0.39, 0.29) is 11.9 Å². The number of nitrogens with zero attached hydrogens (tertiary/aromatic N) is 5. The van der Waals surface area contributed by atoms with Gasteiger partial charge >= 0.3 is 0 Å². The van der Waals surface area contributed by atoms with Crippen LogP contribution in [0.2, 0.25) is 0 Å². The van der Waals surface area contributed by atoms with Crippen LogP contribution in [0.1, 0.15) is 42.7 Å². The summed E-state index contributed by atoms with van der Waals surface area (Å²) in [6.45, 7) is 2.65. The standard InChI is InChI=1S/C14H15FN6S/c1-8(14-18-19-20-21(14)10-3-4-10)16-7-13-17-11-5-2-9(15)6-12(11)22-13/h2,5-6,8,10,16H,3-4,7H2,1H3. The maximum Gasteiger partial charge on any atom is 0.168 e. The average molecular weight is 318 g/mol. The first kappa shape index (κ1) is 13.7. The minimum absolute atomic E-state index is 0.0411. The molecule has 1 aliphatic carbocycles. The molecule has 1 unspecified atom stereocenters. The predicted molar refractivity (Wildman–Crippen MR) is 80.9 cm³/mol. The van der Waals surface area contributed by atoms with Crippen LogP contribution in [-0.4, -0.2) is 25.2 Å². The van der Waals surface area contributed by atoms with Crippen LogP contribution in [0.4, 0.5) is 4.39 Å². The van der Waals surface area contributed by atoms with Gasteiger partial charge in [0.05, 0.1) is 22.3 Å². The van der Waals surface area contributed by atoms with Gasteiger partial charge in [0.2, 0.25) is 0 Å². The molecule has 22 heavy (non-hydrogen) atoms. The molecule has 1 atom stereocenters. The molecule has 1 aromatic carbocycles. The number of fused-ring (bicyclic) bond motifs is 1. The number of tetrazole rings is 1. The molecule has 1 aliphatic rings. The molecule has 2 heterocycles. The van der Waals surface area contributed by atoms with Crippen LogP contribution in [-0.2, 0) is 6.54 Å². The Balaban J connectivity index is 1.47. The normalized spacial score (nSPS) is 16.3. The Hall–Kier alpha value is -1.93. The van der Waals surface area contributed by atoms with Crippen molar-refractivity contribution in [2.24, 2.45) is 0 Å². The van der Waals surface area contributed by atoms with Crippen molar-refractivity contribution in [2.45, 2.75) is 38.4 Å². The third-order valence-electron chi connectivity index (χ3n) is 3.75. The Morgan fingerprint density at radius 1 is 1.45 bits per heavy atom. The van der Waals surface area contributed by atoms with Crippen molar-refractivity contribution >= 4 is 21.6 Å². The molecular weight excluding hydrogens is 303 g/mol. The molecule has 6 nitrogen and oxygen atoms in total. The molecular formula is C14H15FN6S. The van der Waals surface area contributed by atoms with Crippen LogP contribution in [0.3, 0.4) is 0 Å². The van der Waals surface area contributed by atoms with Crippen molar-refractivity contribution in [3.05, 3.63) is 34.8 Å². The Morgan fingerprint density at radius 2 is 2.32 bits per heavy atom. The lowest BCUT2D eigenvalue weighted by Gasteiger charge is -2.12. The Labute approximate surface area is 130 Å². The van der Waals surface area contributed by atoms with Gasteiger partial charge in [-0.25, -0.2) is 14.1 Å². The number of thiazole rings is 1. The Kier molecular flexibility index (Phi) is 3.34. The highest BCUT2D eigenvalue weighted by atomic mass is 32.1. The zero-order chi connectivity index (χ0) is 15.1. The number of benzene rings is 1. The minimum atomic E-state index is -0.229. The summed E-state index contributed by atoms with van der Waals surface area (Å²) in [4.78, 5) is 4.51. The second-order valence-electron chi connectivity index (χ2n) is 5.54. The third kappa shape index (κ3) is 2.59. The monoisotopic (exact) mass is 318 g/mol. The van der Waals surface area contributed by atoms with Gasteiger partial charge < -0.3 is 5.32 Å². The summed E-state index contributed by atoms with van der Waals surface area (Å²) in [6.07, 6.45) is 2.29. The third-order valence-corrected chi connectivity index (χ3v) is 4.77. The van der Waals surface area contributed by atoms with E-state index in [0.29, 0.717) is 12.6 Å². The van der Waals surface area contributed by atoms with Crippen LogP contribution in [0.15, 0.2) is 18.2 Å². The molecule has 0 bridgehead atoms. The molecule has 1 fully saturated rings. The zero-order valence-electron chi connectivity index (χ0n) is 12.0. The number of aromatic nitrogens is 5. The number of hydrogen-bond acceptors (Lipinski definition) is 6. The van der Waals surface area contributed by atoms with E-state index in [1.54, 1.807) is 6.07 Å². The molecule has 1 N–H and O–H groups in total. The van der Waals surface area contributed by atoms with E-state index in [9.17, 15) is 4.39 Å². The zero-order valence-corrected chi connectivity index (χ0v) is 12.8. The molecule has 0 spiro atoms. The highest BCUT2D eigenvalue weighted by molar-refractivity contribution is 7.18. The van der Waals surface area contributed by atoms with Crippen molar-refractivity contribution in [1.82, 2.24) is 30.5 Å². The van der Waals surface area contributed by atoms with E-state index >= 15 is 0 Å². The van der Waals surface area contributed by atoms with Crippen LogP contribution in [0.25, 0.3) is 10.2 Å². The largest absolute Gasteiger partial charge is 0.301 e. The molecule has 2 aromatic heterocycles. The predicted octanol–water partition coefficient (Wildman–Crippen LogP) is 2.61. The van der Waals surface area contributed by atoms with Crippen LogP contribution < -0.4 is 5.32 Å². The first-order chi connectivity index (χ1) is 10.7. The molecule has 4 rings (SSSR count). The van der Waals surface area contributed by atoms with Crippen molar-refractivity contribution in [2.75, 3.05) is 0 Å². The van der Waals surface area contributed by atoms with E-state index in [1.165, 1.54) is 23.5 Å². The lowest BCUT2D eigenvalue weighted by molar-refractivity contribution is 0.491. The molecule has 1 saturated carbocycles. The van der Waals surface area contributed by atoms with Gasteiger partial charge in [-0.05, 0) is 48.4 Å². The van der Waals surface area contributed by atoms with Gasteiger partial charge in [-0.2, -0.15) is 0 Å². The molecule has 114 valence electrons. The van der Waals surface area contributed by atoms with Gasteiger partial charge in [0.15, 0.2) is 5.82 Å². The fourth-order valence-corrected chi connectivity index (χ4v) is 3.36. The van der Waals surface area contributed by atoms with E-state index in [1.807, 2.05) is 11.6 Å². The quantitative estimate of drug-likeness (QED) is 0.783. The van der Waals surface area contributed by atoms with Crippen molar-refractivity contribution in [3.8, 4) is 0 Å². The van der Waals surface area contributed by atoms with Gasteiger partial charge in [-0.1, -0.05) is 0 Å². The van der Waals surface area contributed by atoms with Crippen molar-refractivity contribution in [3.63, 3.8) is 0 Å². The summed E-state index contributed by atoms with van der Waals surface area (Å²) in [7, 11) is 0. The van der Waals surface area contributed by atoms with Gasteiger partial charge in [0, 0.05) is 6.54 Å². The SMILES string of the molecule is CC(NCc1nc2ccc(F)cc2s1)c1nnnn1C1CC1. The van der Waals surface area contributed by atoms with Crippen LogP contribution in [0.5, 0.6) is 0 Å². The van der Waals surface area contributed by atoms with Crippen molar-refractivity contribution < 1.29 is 4.39 Å². The van der Waals surface area contributed by atoms with Gasteiger partial charge in [0.25, 0.3) is 0 Å². The van der Waals surface area contributed by atoms with Crippen molar-refractivity contribution in [1.29, 1.82) is 0 Å². The number of nitrogens with one attached hydrogen (secondary N) is 1. The van der Waals surface area contributed by atoms with E-state index in [4.69, 9.17) is 0 Å². The van der Waals surface area contributed by atoms with Crippen LogP contribution >= 0.6 is 11.3 Å². The minimum Gasteiger partial charge on any atom is -0.301 e. The van der Waals surface area contributed by atoms with Gasteiger partial charge in [0.1, 0.15) is 10.8 Å². The second-order valence-corrected chi connectivity index (χ2v) is 6.65.